The first kappa shape index (κ1) is 16.0. The summed E-state index contributed by atoms with van der Waals surface area (Å²) in [6, 6.07) is 0. The van der Waals surface area contributed by atoms with Crippen molar-refractivity contribution in [3.63, 3.8) is 0 Å². The van der Waals surface area contributed by atoms with Gasteiger partial charge < -0.3 is 20.2 Å². The maximum atomic E-state index is 8.00. The molecule has 0 saturated heterocycles. The predicted octanol–water partition coefficient (Wildman–Crippen LogP) is 0.120. The molecule has 0 unspecified atom stereocenters. The topological polar surface area (TPSA) is 105 Å². The van der Waals surface area contributed by atoms with Crippen molar-refractivity contribution >= 4 is 23.1 Å². The molecule has 0 spiro atoms. The zero-order valence-corrected chi connectivity index (χ0v) is 4.65. The minimum atomic E-state index is 0. The largest absolute Gasteiger partial charge is 2.00 e. The van der Waals surface area contributed by atoms with Gasteiger partial charge in [-0.05, 0) is 0 Å². The fraction of sp³-hybridized carbons (Fsp3) is 0. The normalized spacial score (nSPS) is 3.43. The summed E-state index contributed by atoms with van der Waals surface area (Å²) in [5, 5.41) is 18.0. The first-order valence-corrected chi connectivity index (χ1v) is 0.730. The fourth-order valence-electron chi connectivity index (χ4n) is 0. The molecule has 0 aromatic heterocycles. The van der Waals surface area contributed by atoms with Crippen LogP contribution in [-0.2, 0) is 0 Å². The zero-order valence-electron chi connectivity index (χ0n) is 3.23. The molecule has 7 heteroatoms. The Labute approximate surface area is 54.5 Å². The average molecular weight is 116 g/mol. The molecule has 0 heterocycles. The maximum absolute atomic E-state index is 8.00. The number of nitrogens with zero attached hydrogens (tertiary/aromatic N) is 2. The van der Waals surface area contributed by atoms with Crippen molar-refractivity contribution in [2.75, 3.05) is 0 Å². The molecule has 36 valence electrons. The molecule has 7 heavy (non-hydrogen) atoms. The van der Waals surface area contributed by atoms with Crippen molar-refractivity contribution in [1.29, 1.82) is 0 Å². The van der Waals surface area contributed by atoms with Crippen LogP contribution in [0.15, 0.2) is 10.7 Å². The third-order valence-electron chi connectivity index (χ3n) is 0. The Bertz CT molecular complexity index is 30.7. The molecule has 0 fully saturated rings. The SMILES string of the molecule is O=N[O-].O=N[O-].[Mg+2]. The van der Waals surface area contributed by atoms with Crippen molar-refractivity contribution in [3.8, 4) is 0 Å². The molecule has 0 bridgehead atoms. The first-order chi connectivity index (χ1) is 2.83. The van der Waals surface area contributed by atoms with Gasteiger partial charge >= 0.3 is 23.1 Å². The molecule has 0 aliphatic carbocycles. The molecule has 0 saturated carbocycles. The number of hydrogen-bond acceptors (Lipinski definition) is 6. The molecule has 0 aliphatic rings. The van der Waals surface area contributed by atoms with Gasteiger partial charge in [-0.3, -0.25) is 0 Å². The molecule has 6 nitrogen and oxygen atoms in total. The molecule has 0 aliphatic heterocycles. The van der Waals surface area contributed by atoms with Crippen LogP contribution >= 0.6 is 0 Å². The van der Waals surface area contributed by atoms with E-state index in [4.69, 9.17) is 20.2 Å². The van der Waals surface area contributed by atoms with Gasteiger partial charge in [-0.2, -0.15) is 0 Å². The van der Waals surface area contributed by atoms with Crippen LogP contribution in [-0.4, -0.2) is 23.1 Å². The van der Waals surface area contributed by atoms with Gasteiger partial charge in [0, 0.05) is 0 Å². The van der Waals surface area contributed by atoms with Gasteiger partial charge in [0.25, 0.3) is 0 Å². The molecule has 0 amide bonds. The predicted molar refractivity (Wildman–Crippen MR) is 24.1 cm³/mol. The molecular formula is MgN2O4. The van der Waals surface area contributed by atoms with Crippen molar-refractivity contribution < 1.29 is 0 Å². The van der Waals surface area contributed by atoms with E-state index in [0.717, 1.165) is 10.7 Å². The van der Waals surface area contributed by atoms with E-state index in [9.17, 15) is 0 Å². The summed E-state index contributed by atoms with van der Waals surface area (Å²) in [4.78, 5) is 16.0. The Hall–Kier alpha value is -0.434. The van der Waals surface area contributed by atoms with Crippen molar-refractivity contribution in [1.82, 2.24) is 0 Å². The minimum absolute atomic E-state index is 0. The Kier molecular flexibility index (Phi) is 108. The Balaban J connectivity index is -0.0000000400. The molecule has 0 atom stereocenters. The Morgan fingerprint density at radius 2 is 1.00 bits per heavy atom. The van der Waals surface area contributed by atoms with Crippen molar-refractivity contribution in [3.05, 3.63) is 20.2 Å². The van der Waals surface area contributed by atoms with E-state index >= 15 is 0 Å². The number of rotatable bonds is 0. The average Bonchev–Trinajstić information content (AvgIpc) is 1.39. The van der Waals surface area contributed by atoms with Crippen molar-refractivity contribution in [2.45, 2.75) is 0 Å². The van der Waals surface area contributed by atoms with Crippen LogP contribution in [0.3, 0.4) is 0 Å². The van der Waals surface area contributed by atoms with Crippen molar-refractivity contribution in [2.24, 2.45) is 10.7 Å². The van der Waals surface area contributed by atoms with Gasteiger partial charge in [0.2, 0.25) is 0 Å². The smallest absolute Gasteiger partial charge is 0.444 e. The molecule has 0 N–H and O–H groups in total. The van der Waals surface area contributed by atoms with Crippen LogP contribution < -0.4 is 0 Å². The number of hydrogen-bond donors (Lipinski definition) is 0. The Morgan fingerprint density at radius 1 is 1.00 bits per heavy atom. The van der Waals surface area contributed by atoms with E-state index in [-0.39, 0.29) is 23.1 Å². The summed E-state index contributed by atoms with van der Waals surface area (Å²) in [5.74, 6) is 0. The summed E-state index contributed by atoms with van der Waals surface area (Å²) in [5.41, 5.74) is 0. The molecule has 0 aromatic carbocycles. The monoisotopic (exact) mass is 116 g/mol. The fourth-order valence-corrected chi connectivity index (χ4v) is 0. The quantitative estimate of drug-likeness (QED) is 0.254. The molecular weight excluding hydrogens is 116 g/mol. The Morgan fingerprint density at radius 3 is 1.00 bits per heavy atom. The maximum Gasteiger partial charge on any atom is 2.00 e. The van der Waals surface area contributed by atoms with Crippen LogP contribution in [0.4, 0.5) is 0 Å². The summed E-state index contributed by atoms with van der Waals surface area (Å²) in [6.07, 6.45) is 0. The summed E-state index contributed by atoms with van der Waals surface area (Å²) < 4.78 is 0. The van der Waals surface area contributed by atoms with E-state index in [0.29, 0.717) is 0 Å². The van der Waals surface area contributed by atoms with Crippen LogP contribution in [0.25, 0.3) is 0 Å². The van der Waals surface area contributed by atoms with Gasteiger partial charge in [0.05, 0.1) is 0 Å². The van der Waals surface area contributed by atoms with Crippen LogP contribution in [0.2, 0.25) is 0 Å². The van der Waals surface area contributed by atoms with Gasteiger partial charge in [0.1, 0.15) is 0 Å². The van der Waals surface area contributed by atoms with E-state index in [2.05, 4.69) is 0 Å². The van der Waals surface area contributed by atoms with Crippen LogP contribution in [0.5, 0.6) is 0 Å². The minimum Gasteiger partial charge on any atom is -0.444 e. The standard InChI is InChI=1S/Mg.2HNO2/c;2*2-1-3/h;2*(H,2,3)/q+2;;/p-2. The molecule has 0 rings (SSSR count). The van der Waals surface area contributed by atoms with E-state index in [1.807, 2.05) is 0 Å². The second-order valence-electron chi connectivity index (χ2n) is 0.149. The first-order valence-electron chi connectivity index (χ1n) is 0.730. The van der Waals surface area contributed by atoms with Gasteiger partial charge in [-0.1, -0.05) is 0 Å². The summed E-state index contributed by atoms with van der Waals surface area (Å²) >= 11 is 0. The van der Waals surface area contributed by atoms with Crippen LogP contribution in [0, 0.1) is 20.2 Å². The summed E-state index contributed by atoms with van der Waals surface area (Å²) in [6.45, 7) is 0. The zero-order chi connectivity index (χ0) is 5.41. The van der Waals surface area contributed by atoms with Gasteiger partial charge in [-0.25, -0.2) is 0 Å². The van der Waals surface area contributed by atoms with E-state index in [1.54, 1.807) is 0 Å². The molecule has 0 radical (unpaired) electrons. The van der Waals surface area contributed by atoms with E-state index < -0.39 is 0 Å². The van der Waals surface area contributed by atoms with E-state index in [1.165, 1.54) is 0 Å². The third kappa shape index (κ3) is 376. The van der Waals surface area contributed by atoms with Gasteiger partial charge in [-0.15, -0.1) is 10.7 Å². The third-order valence-corrected chi connectivity index (χ3v) is 0. The summed E-state index contributed by atoms with van der Waals surface area (Å²) in [7, 11) is 0. The second kappa shape index (κ2) is 47.3. The second-order valence-corrected chi connectivity index (χ2v) is 0.149. The van der Waals surface area contributed by atoms with Crippen LogP contribution in [0.1, 0.15) is 0 Å². The molecule has 0 aromatic rings. The van der Waals surface area contributed by atoms with Gasteiger partial charge in [0.15, 0.2) is 0 Å².